The molecule has 0 spiro atoms. The van der Waals surface area contributed by atoms with Crippen LogP contribution in [-0.2, 0) is 29.1 Å². The van der Waals surface area contributed by atoms with Gasteiger partial charge in [-0.05, 0) is 52.9 Å². The summed E-state index contributed by atoms with van der Waals surface area (Å²) in [6.07, 6.45) is 4.28. The Labute approximate surface area is 200 Å². The van der Waals surface area contributed by atoms with Gasteiger partial charge in [-0.15, -0.1) is 0 Å². The first-order valence-corrected chi connectivity index (χ1v) is 11.5. The molecule has 2 amide bonds. The van der Waals surface area contributed by atoms with Crippen molar-refractivity contribution in [1.82, 2.24) is 20.5 Å². The summed E-state index contributed by atoms with van der Waals surface area (Å²) in [5, 5.41) is 5.54. The van der Waals surface area contributed by atoms with Crippen LogP contribution in [0.3, 0.4) is 0 Å². The molecule has 1 unspecified atom stereocenters. The molecule has 1 aliphatic rings. The monoisotopic (exact) mass is 457 g/mol. The maximum atomic E-state index is 12.6. The number of aromatic nitrogens is 1. The van der Waals surface area contributed by atoms with Gasteiger partial charge in [-0.1, -0.05) is 36.4 Å². The van der Waals surface area contributed by atoms with E-state index in [0.717, 1.165) is 36.3 Å². The lowest BCUT2D eigenvalue weighted by atomic mass is 9.96. The number of amides is 2. The predicted molar refractivity (Wildman–Crippen MR) is 133 cm³/mol. The Bertz CT molecular complexity index is 1120. The minimum absolute atomic E-state index is 0.0403. The van der Waals surface area contributed by atoms with Gasteiger partial charge in [0.2, 0.25) is 0 Å². The van der Waals surface area contributed by atoms with E-state index in [1.807, 2.05) is 14.1 Å². The number of benzene rings is 2. The van der Waals surface area contributed by atoms with Crippen LogP contribution in [0.4, 0.5) is 5.69 Å². The third-order valence-corrected chi connectivity index (χ3v) is 6.26. The van der Waals surface area contributed by atoms with Gasteiger partial charge in [0.15, 0.2) is 0 Å². The number of carbonyl (C=O) groups excluding carboxylic acids is 2. The molecule has 0 saturated heterocycles. The second-order valence-corrected chi connectivity index (χ2v) is 8.74. The van der Waals surface area contributed by atoms with Crippen molar-refractivity contribution in [3.05, 3.63) is 95.3 Å². The van der Waals surface area contributed by atoms with Crippen LogP contribution in [0.25, 0.3) is 0 Å². The van der Waals surface area contributed by atoms with Crippen molar-refractivity contribution in [1.29, 1.82) is 0 Å². The molecule has 2 heterocycles. The van der Waals surface area contributed by atoms with Crippen LogP contribution in [0.1, 0.15) is 28.3 Å². The number of hydrogen-bond acceptors (Lipinski definition) is 5. The van der Waals surface area contributed by atoms with E-state index in [1.54, 1.807) is 24.5 Å². The minimum atomic E-state index is -0.637. The zero-order chi connectivity index (χ0) is 23.9. The summed E-state index contributed by atoms with van der Waals surface area (Å²) in [6.45, 7) is 2.33. The van der Waals surface area contributed by atoms with Crippen molar-refractivity contribution >= 4 is 17.5 Å². The van der Waals surface area contributed by atoms with E-state index >= 15 is 0 Å². The van der Waals surface area contributed by atoms with E-state index in [-0.39, 0.29) is 12.6 Å². The average Bonchev–Trinajstić information content (AvgIpc) is 2.88. The number of nitrogens with zero attached hydrogens (tertiary/aromatic N) is 3. The second kappa shape index (κ2) is 10.9. The zero-order valence-corrected chi connectivity index (χ0v) is 19.7. The van der Waals surface area contributed by atoms with Crippen LogP contribution in [0.5, 0.6) is 0 Å². The largest absolute Gasteiger partial charge is 0.378 e. The smallest absolute Gasteiger partial charge is 0.309 e. The molecule has 7 heteroatoms. The van der Waals surface area contributed by atoms with E-state index in [2.05, 4.69) is 73.9 Å². The van der Waals surface area contributed by atoms with Gasteiger partial charge in [-0.3, -0.25) is 19.5 Å². The molecule has 1 aromatic heterocycles. The number of pyridine rings is 1. The van der Waals surface area contributed by atoms with Crippen molar-refractivity contribution in [3.63, 3.8) is 0 Å². The summed E-state index contributed by atoms with van der Waals surface area (Å²) < 4.78 is 0. The van der Waals surface area contributed by atoms with Crippen LogP contribution in [0, 0.1) is 0 Å². The van der Waals surface area contributed by atoms with Gasteiger partial charge in [-0.2, -0.15) is 0 Å². The standard InChI is InChI=1S/C27H31N5O2/c1-31(2)24-9-7-22(8-10-24)25(32-16-13-21-5-3-4-6-23(21)19-32)18-30-27(34)26(33)29-17-20-11-14-28-15-12-20/h3-12,14-15,25H,13,16-19H2,1-2H3,(H,29,33)(H,30,34). The summed E-state index contributed by atoms with van der Waals surface area (Å²) in [4.78, 5) is 33.3. The third kappa shape index (κ3) is 5.80. The van der Waals surface area contributed by atoms with Gasteiger partial charge >= 0.3 is 11.8 Å². The van der Waals surface area contributed by atoms with Crippen molar-refractivity contribution in [2.75, 3.05) is 32.1 Å². The van der Waals surface area contributed by atoms with Gasteiger partial charge in [-0.25, -0.2) is 0 Å². The van der Waals surface area contributed by atoms with Gasteiger partial charge in [0.1, 0.15) is 0 Å². The third-order valence-electron chi connectivity index (χ3n) is 6.26. The van der Waals surface area contributed by atoms with E-state index in [1.165, 1.54) is 11.1 Å². The molecule has 0 aliphatic carbocycles. The van der Waals surface area contributed by atoms with Crippen LogP contribution in [0.2, 0.25) is 0 Å². The molecule has 0 bridgehead atoms. The average molecular weight is 458 g/mol. The maximum Gasteiger partial charge on any atom is 0.309 e. The Balaban J connectivity index is 1.44. The fourth-order valence-electron chi connectivity index (χ4n) is 4.27. The Morgan fingerprint density at radius 2 is 1.62 bits per heavy atom. The van der Waals surface area contributed by atoms with Gasteiger partial charge in [0.05, 0.1) is 6.04 Å². The molecule has 0 saturated carbocycles. The Morgan fingerprint density at radius 1 is 0.941 bits per heavy atom. The first kappa shape index (κ1) is 23.4. The van der Waals surface area contributed by atoms with Crippen molar-refractivity contribution in [2.24, 2.45) is 0 Å². The highest BCUT2D eigenvalue weighted by atomic mass is 16.2. The lowest BCUT2D eigenvalue weighted by Crippen LogP contribution is -2.45. The molecule has 176 valence electrons. The summed E-state index contributed by atoms with van der Waals surface area (Å²) in [7, 11) is 4.03. The van der Waals surface area contributed by atoms with Crippen molar-refractivity contribution in [2.45, 2.75) is 25.6 Å². The van der Waals surface area contributed by atoms with E-state index < -0.39 is 11.8 Å². The predicted octanol–water partition coefficient (Wildman–Crippen LogP) is 2.68. The fourth-order valence-corrected chi connectivity index (χ4v) is 4.27. The summed E-state index contributed by atoms with van der Waals surface area (Å²) >= 11 is 0. The van der Waals surface area contributed by atoms with E-state index in [9.17, 15) is 9.59 Å². The lowest BCUT2D eigenvalue weighted by molar-refractivity contribution is -0.139. The Morgan fingerprint density at radius 3 is 2.32 bits per heavy atom. The number of hydrogen-bond donors (Lipinski definition) is 2. The highest BCUT2D eigenvalue weighted by Gasteiger charge is 2.26. The quantitative estimate of drug-likeness (QED) is 0.534. The molecule has 1 aliphatic heterocycles. The molecule has 1 atom stereocenters. The SMILES string of the molecule is CN(C)c1ccc(C(CNC(=O)C(=O)NCc2ccncc2)N2CCc3ccccc3C2)cc1. The Kier molecular flexibility index (Phi) is 7.54. The first-order chi connectivity index (χ1) is 16.5. The molecule has 34 heavy (non-hydrogen) atoms. The molecule has 0 radical (unpaired) electrons. The van der Waals surface area contributed by atoms with Crippen molar-refractivity contribution in [3.8, 4) is 0 Å². The molecule has 2 aromatic carbocycles. The minimum Gasteiger partial charge on any atom is -0.378 e. The number of anilines is 1. The molecular formula is C27H31N5O2. The molecule has 3 aromatic rings. The van der Waals surface area contributed by atoms with Crippen LogP contribution < -0.4 is 15.5 Å². The Hall–Kier alpha value is -3.71. The number of carbonyl (C=O) groups is 2. The molecule has 0 fully saturated rings. The molecule has 2 N–H and O–H groups in total. The summed E-state index contributed by atoms with van der Waals surface area (Å²) in [5.41, 5.74) is 5.81. The first-order valence-electron chi connectivity index (χ1n) is 11.5. The number of fused-ring (bicyclic) bond motifs is 1. The summed E-state index contributed by atoms with van der Waals surface area (Å²) in [5.74, 6) is -1.26. The molecular weight excluding hydrogens is 426 g/mol. The number of rotatable bonds is 7. The molecule has 7 nitrogen and oxygen atoms in total. The normalized spacial score (nSPS) is 14.1. The van der Waals surface area contributed by atoms with Crippen LogP contribution >= 0.6 is 0 Å². The van der Waals surface area contributed by atoms with Crippen LogP contribution in [-0.4, -0.2) is 48.9 Å². The zero-order valence-electron chi connectivity index (χ0n) is 19.7. The fraction of sp³-hybridized carbons (Fsp3) is 0.296. The van der Waals surface area contributed by atoms with E-state index in [4.69, 9.17) is 0 Å². The van der Waals surface area contributed by atoms with Gasteiger partial charge in [0.25, 0.3) is 0 Å². The molecule has 4 rings (SSSR count). The second-order valence-electron chi connectivity index (χ2n) is 8.74. The highest BCUT2D eigenvalue weighted by molar-refractivity contribution is 6.35. The summed E-state index contributed by atoms with van der Waals surface area (Å²) in [6, 6.07) is 20.5. The number of nitrogens with one attached hydrogen (secondary N) is 2. The van der Waals surface area contributed by atoms with Crippen molar-refractivity contribution < 1.29 is 9.59 Å². The van der Waals surface area contributed by atoms with Gasteiger partial charge < -0.3 is 15.5 Å². The topological polar surface area (TPSA) is 77.6 Å². The lowest BCUT2D eigenvalue weighted by Gasteiger charge is -2.36. The van der Waals surface area contributed by atoms with Gasteiger partial charge in [0, 0.05) is 58.4 Å². The maximum absolute atomic E-state index is 12.6. The van der Waals surface area contributed by atoms with E-state index in [0.29, 0.717) is 6.54 Å². The highest BCUT2D eigenvalue weighted by Crippen LogP contribution is 2.28. The van der Waals surface area contributed by atoms with Crippen LogP contribution in [0.15, 0.2) is 73.1 Å².